The fourth-order valence-corrected chi connectivity index (χ4v) is 3.62. The number of carbonyl (C=O) groups excluding carboxylic acids is 1. The van der Waals surface area contributed by atoms with Gasteiger partial charge in [0.15, 0.2) is 0 Å². The first-order valence-electron chi connectivity index (χ1n) is 6.66. The average Bonchev–Trinajstić information content (AvgIpc) is 2.82. The molecule has 4 heteroatoms. The highest BCUT2D eigenvalue weighted by Crippen LogP contribution is 2.34. The lowest BCUT2D eigenvalue weighted by Crippen LogP contribution is -2.31. The van der Waals surface area contributed by atoms with Crippen LogP contribution in [0.4, 0.5) is 0 Å². The number of carbonyl (C=O) groups is 1. The van der Waals surface area contributed by atoms with Crippen molar-refractivity contribution in [2.45, 2.75) is 50.3 Å². The third-order valence-corrected chi connectivity index (χ3v) is 4.66. The van der Waals surface area contributed by atoms with Crippen LogP contribution in [0, 0.1) is 0 Å². The molecule has 2 unspecified atom stereocenters. The number of halogens is 1. The second-order valence-corrected chi connectivity index (χ2v) is 6.70. The molecule has 100 valence electrons. The summed E-state index contributed by atoms with van der Waals surface area (Å²) in [6, 6.07) is 2.12. The van der Waals surface area contributed by atoms with Gasteiger partial charge in [0, 0.05) is 16.8 Å². The van der Waals surface area contributed by atoms with Crippen LogP contribution < -0.4 is 5.32 Å². The molecule has 1 aromatic rings. The van der Waals surface area contributed by atoms with Crippen LogP contribution in [-0.4, -0.2) is 17.8 Å². The predicted molar refractivity (Wildman–Crippen MR) is 77.6 cm³/mol. The van der Waals surface area contributed by atoms with Gasteiger partial charge in [-0.1, -0.05) is 0 Å². The summed E-state index contributed by atoms with van der Waals surface area (Å²) in [6.07, 6.45) is 5.17. The van der Waals surface area contributed by atoms with E-state index in [1.807, 2.05) is 6.92 Å². The van der Waals surface area contributed by atoms with Gasteiger partial charge in [0.05, 0.1) is 5.92 Å². The quantitative estimate of drug-likeness (QED) is 0.649. The van der Waals surface area contributed by atoms with Crippen LogP contribution in [0.15, 0.2) is 11.4 Å². The van der Waals surface area contributed by atoms with Gasteiger partial charge < -0.3 is 5.32 Å². The maximum absolute atomic E-state index is 12.2. The summed E-state index contributed by atoms with van der Waals surface area (Å²) in [4.78, 5) is 13.6. The van der Waals surface area contributed by atoms with Crippen molar-refractivity contribution in [3.8, 4) is 0 Å². The van der Waals surface area contributed by atoms with Crippen molar-refractivity contribution in [3.63, 3.8) is 0 Å². The first-order valence-corrected chi connectivity index (χ1v) is 7.98. The minimum atomic E-state index is 0.0772. The van der Waals surface area contributed by atoms with E-state index < -0.39 is 0 Å². The van der Waals surface area contributed by atoms with Crippen molar-refractivity contribution in [2.24, 2.45) is 0 Å². The molecule has 0 saturated heterocycles. The van der Waals surface area contributed by atoms with E-state index in [2.05, 4.69) is 16.8 Å². The van der Waals surface area contributed by atoms with Crippen LogP contribution in [0.25, 0.3) is 0 Å². The van der Waals surface area contributed by atoms with E-state index in [9.17, 15) is 4.79 Å². The lowest BCUT2D eigenvalue weighted by atomic mass is 9.87. The van der Waals surface area contributed by atoms with Crippen LogP contribution in [0.2, 0.25) is 0 Å². The zero-order chi connectivity index (χ0) is 13.0. The summed E-state index contributed by atoms with van der Waals surface area (Å²) >= 11 is 7.66. The number of aryl methyl sites for hydroxylation is 1. The summed E-state index contributed by atoms with van der Waals surface area (Å²) < 4.78 is 0. The minimum Gasteiger partial charge on any atom is -0.356 e. The van der Waals surface area contributed by atoms with Gasteiger partial charge in [-0.05, 0) is 56.0 Å². The first kappa shape index (κ1) is 13.9. The number of hydrogen-bond acceptors (Lipinski definition) is 2. The van der Waals surface area contributed by atoms with Crippen molar-refractivity contribution in [2.75, 3.05) is 6.54 Å². The number of rotatable bonds is 5. The molecule has 0 aromatic carbocycles. The van der Waals surface area contributed by atoms with Gasteiger partial charge in [0.1, 0.15) is 0 Å². The molecule has 18 heavy (non-hydrogen) atoms. The molecule has 1 aromatic heterocycles. The molecular formula is C14H20ClNOS. The molecule has 0 spiro atoms. The maximum atomic E-state index is 12.2. The Morgan fingerprint density at radius 1 is 1.67 bits per heavy atom. The zero-order valence-electron chi connectivity index (χ0n) is 10.7. The topological polar surface area (TPSA) is 29.1 Å². The smallest absolute Gasteiger partial charge is 0.227 e. The number of nitrogens with one attached hydrogen (secondary N) is 1. The number of thiophene rings is 1. The second-order valence-electron chi connectivity index (χ2n) is 4.96. The fourth-order valence-electron chi connectivity index (χ4n) is 2.48. The zero-order valence-corrected chi connectivity index (χ0v) is 12.3. The molecule has 1 aliphatic carbocycles. The molecule has 0 saturated carbocycles. The Morgan fingerprint density at radius 3 is 3.28 bits per heavy atom. The first-order chi connectivity index (χ1) is 8.68. The minimum absolute atomic E-state index is 0.0772. The largest absolute Gasteiger partial charge is 0.356 e. The van der Waals surface area contributed by atoms with Crippen molar-refractivity contribution in [1.82, 2.24) is 5.32 Å². The van der Waals surface area contributed by atoms with Gasteiger partial charge >= 0.3 is 0 Å². The van der Waals surface area contributed by atoms with Gasteiger partial charge in [0.25, 0.3) is 0 Å². The van der Waals surface area contributed by atoms with Crippen LogP contribution in [-0.2, 0) is 11.2 Å². The van der Waals surface area contributed by atoms with Gasteiger partial charge in [-0.2, -0.15) is 0 Å². The number of alkyl halides is 1. The molecule has 1 amide bonds. The Balaban J connectivity index is 1.84. The van der Waals surface area contributed by atoms with Gasteiger partial charge in [-0.15, -0.1) is 22.9 Å². The summed E-state index contributed by atoms with van der Waals surface area (Å²) in [6.45, 7) is 2.73. The number of hydrogen-bond donors (Lipinski definition) is 1. The lowest BCUT2D eigenvalue weighted by Gasteiger charge is -2.21. The van der Waals surface area contributed by atoms with Crippen LogP contribution in [0.5, 0.6) is 0 Å². The van der Waals surface area contributed by atoms with Crippen molar-refractivity contribution >= 4 is 28.8 Å². The van der Waals surface area contributed by atoms with Crippen molar-refractivity contribution < 1.29 is 4.79 Å². The lowest BCUT2D eigenvalue weighted by molar-refractivity contribution is -0.122. The Kier molecular flexibility index (Phi) is 5.07. The summed E-state index contributed by atoms with van der Waals surface area (Å²) in [5.41, 5.74) is 1.26. The van der Waals surface area contributed by atoms with E-state index in [1.54, 1.807) is 11.3 Å². The van der Waals surface area contributed by atoms with E-state index >= 15 is 0 Å². The molecule has 1 N–H and O–H groups in total. The third-order valence-electron chi connectivity index (χ3n) is 3.45. The van der Waals surface area contributed by atoms with Crippen LogP contribution in [0.1, 0.15) is 49.0 Å². The fraction of sp³-hybridized carbons (Fsp3) is 0.643. The number of fused-ring (bicyclic) bond motifs is 1. The van der Waals surface area contributed by atoms with E-state index in [-0.39, 0.29) is 17.2 Å². The SMILES string of the molecule is CC(Cl)CCCNC(=O)C1CCCc2sccc21. The monoisotopic (exact) mass is 285 g/mol. The molecular weight excluding hydrogens is 266 g/mol. The Bertz CT molecular complexity index is 402. The molecule has 2 rings (SSSR count). The van der Waals surface area contributed by atoms with E-state index in [1.165, 1.54) is 10.4 Å². The molecule has 1 aliphatic rings. The van der Waals surface area contributed by atoms with Gasteiger partial charge in [-0.25, -0.2) is 0 Å². The average molecular weight is 286 g/mol. The van der Waals surface area contributed by atoms with Gasteiger partial charge in [-0.3, -0.25) is 4.79 Å². The predicted octanol–water partition coefficient (Wildman–Crippen LogP) is 3.69. The second kappa shape index (κ2) is 6.58. The summed E-state index contributed by atoms with van der Waals surface area (Å²) in [7, 11) is 0. The molecule has 0 fully saturated rings. The Labute approximate surface area is 118 Å². The highest BCUT2D eigenvalue weighted by atomic mass is 35.5. The highest BCUT2D eigenvalue weighted by Gasteiger charge is 2.26. The van der Waals surface area contributed by atoms with E-state index in [0.29, 0.717) is 0 Å². The van der Waals surface area contributed by atoms with Crippen LogP contribution >= 0.6 is 22.9 Å². The third kappa shape index (κ3) is 3.48. The Hall–Kier alpha value is -0.540. The van der Waals surface area contributed by atoms with E-state index in [0.717, 1.165) is 38.6 Å². The van der Waals surface area contributed by atoms with Crippen molar-refractivity contribution in [1.29, 1.82) is 0 Å². The summed E-state index contributed by atoms with van der Waals surface area (Å²) in [5, 5.41) is 5.34. The molecule has 0 radical (unpaired) electrons. The van der Waals surface area contributed by atoms with Gasteiger partial charge in [0.2, 0.25) is 5.91 Å². The normalized spacial score (nSPS) is 20.2. The van der Waals surface area contributed by atoms with E-state index in [4.69, 9.17) is 11.6 Å². The standard InChI is InChI=1S/C14H20ClNOS/c1-10(15)4-3-8-16-14(17)12-5-2-6-13-11(12)7-9-18-13/h7,9-10,12H,2-6,8H2,1H3,(H,16,17). The van der Waals surface area contributed by atoms with Crippen molar-refractivity contribution in [3.05, 3.63) is 21.9 Å². The summed E-state index contributed by atoms with van der Waals surface area (Å²) in [5.74, 6) is 0.269. The van der Waals surface area contributed by atoms with Crippen LogP contribution in [0.3, 0.4) is 0 Å². The molecule has 0 bridgehead atoms. The maximum Gasteiger partial charge on any atom is 0.227 e. The number of amides is 1. The molecule has 0 aliphatic heterocycles. The highest BCUT2D eigenvalue weighted by molar-refractivity contribution is 7.10. The molecule has 2 atom stereocenters. The molecule has 2 nitrogen and oxygen atoms in total. The molecule has 1 heterocycles. The Morgan fingerprint density at radius 2 is 2.50 bits per heavy atom.